The molecule has 0 aliphatic carbocycles. The van der Waals surface area contributed by atoms with E-state index in [4.69, 9.17) is 4.74 Å². The minimum absolute atomic E-state index is 0.203. The summed E-state index contributed by atoms with van der Waals surface area (Å²) in [6, 6.07) is 10.7. The molecule has 2 rings (SSSR count). The van der Waals surface area contributed by atoms with Crippen molar-refractivity contribution in [3.8, 4) is 5.75 Å². The molecule has 0 fully saturated rings. The summed E-state index contributed by atoms with van der Waals surface area (Å²) in [5.41, 5.74) is 0.647. The Labute approximate surface area is 152 Å². The van der Waals surface area contributed by atoms with Crippen molar-refractivity contribution < 1.29 is 22.3 Å². The number of hydrogen-bond donors (Lipinski definition) is 1. The first-order chi connectivity index (χ1) is 12.2. The van der Waals surface area contributed by atoms with E-state index in [-0.39, 0.29) is 5.69 Å². The molecule has 0 aromatic heterocycles. The lowest BCUT2D eigenvalue weighted by molar-refractivity contribution is -0.116. The molecule has 0 radical (unpaired) electrons. The van der Waals surface area contributed by atoms with E-state index in [1.165, 1.54) is 19.1 Å². The van der Waals surface area contributed by atoms with Gasteiger partial charge in [-0.2, -0.15) is 0 Å². The predicted octanol–water partition coefficient (Wildman–Crippen LogP) is 3.02. The largest absolute Gasteiger partial charge is 0.492 e. The molecule has 0 saturated heterocycles. The molecule has 1 unspecified atom stereocenters. The van der Waals surface area contributed by atoms with Crippen molar-refractivity contribution in [2.24, 2.45) is 0 Å². The standard InChI is InChI=1S/C18H21FN2O4S/c1-4-25-17-8-6-5-7-16(17)20-18(22)13(2)21(26(3,23)24)15-11-9-14(19)10-12-15/h5-13H,4H2,1-3H3,(H,20,22). The van der Waals surface area contributed by atoms with Gasteiger partial charge in [0, 0.05) is 0 Å². The molecular formula is C18H21FN2O4S. The molecule has 1 atom stereocenters. The molecule has 2 aromatic carbocycles. The average molecular weight is 380 g/mol. The Kier molecular flexibility index (Phi) is 6.20. The minimum atomic E-state index is -3.77. The number of carbonyl (C=O) groups is 1. The van der Waals surface area contributed by atoms with Crippen molar-refractivity contribution in [3.63, 3.8) is 0 Å². The summed E-state index contributed by atoms with van der Waals surface area (Å²) >= 11 is 0. The van der Waals surface area contributed by atoms with Crippen molar-refractivity contribution in [1.29, 1.82) is 0 Å². The first-order valence-corrected chi connectivity index (χ1v) is 9.86. The van der Waals surface area contributed by atoms with Crippen LogP contribution in [-0.4, -0.2) is 33.2 Å². The van der Waals surface area contributed by atoms with Crippen LogP contribution in [0, 0.1) is 5.82 Å². The Balaban J connectivity index is 2.30. The molecular weight excluding hydrogens is 359 g/mol. The van der Waals surface area contributed by atoms with E-state index >= 15 is 0 Å². The molecule has 0 bridgehead atoms. The van der Waals surface area contributed by atoms with E-state index < -0.39 is 27.8 Å². The van der Waals surface area contributed by atoms with Gasteiger partial charge in [0.2, 0.25) is 15.9 Å². The van der Waals surface area contributed by atoms with Crippen LogP contribution >= 0.6 is 0 Å². The van der Waals surface area contributed by atoms with Gasteiger partial charge in [-0.05, 0) is 50.2 Å². The molecule has 0 saturated carbocycles. The van der Waals surface area contributed by atoms with Gasteiger partial charge in [0.1, 0.15) is 17.6 Å². The first-order valence-electron chi connectivity index (χ1n) is 8.01. The van der Waals surface area contributed by atoms with Crippen LogP contribution in [-0.2, 0) is 14.8 Å². The van der Waals surface area contributed by atoms with Crippen LogP contribution < -0.4 is 14.4 Å². The first kappa shape index (κ1) is 19.7. The summed E-state index contributed by atoms with van der Waals surface area (Å²) in [6.07, 6.45) is 0.994. The Morgan fingerprint density at radius 1 is 1.19 bits per heavy atom. The van der Waals surface area contributed by atoms with Crippen molar-refractivity contribution >= 4 is 27.3 Å². The molecule has 0 aliphatic heterocycles. The number of anilines is 2. The summed E-state index contributed by atoms with van der Waals surface area (Å²) in [5, 5.41) is 2.68. The molecule has 8 heteroatoms. The number of para-hydroxylation sites is 2. The summed E-state index contributed by atoms with van der Waals surface area (Å²) < 4.78 is 44.0. The zero-order chi connectivity index (χ0) is 19.3. The van der Waals surface area contributed by atoms with Crippen LogP contribution in [0.1, 0.15) is 13.8 Å². The Hall–Kier alpha value is -2.61. The van der Waals surface area contributed by atoms with Crippen LogP contribution in [0.2, 0.25) is 0 Å². The third-order valence-electron chi connectivity index (χ3n) is 3.61. The number of ether oxygens (including phenoxy) is 1. The molecule has 6 nitrogen and oxygen atoms in total. The smallest absolute Gasteiger partial charge is 0.248 e. The lowest BCUT2D eigenvalue weighted by Gasteiger charge is -2.28. The van der Waals surface area contributed by atoms with E-state index in [0.717, 1.165) is 22.7 Å². The normalized spacial score (nSPS) is 12.3. The number of benzene rings is 2. The van der Waals surface area contributed by atoms with Crippen LogP contribution in [0.4, 0.5) is 15.8 Å². The average Bonchev–Trinajstić information content (AvgIpc) is 2.57. The number of hydrogen-bond acceptors (Lipinski definition) is 4. The monoisotopic (exact) mass is 380 g/mol. The van der Waals surface area contributed by atoms with Gasteiger partial charge in [0.15, 0.2) is 0 Å². The third kappa shape index (κ3) is 4.72. The van der Waals surface area contributed by atoms with E-state index in [2.05, 4.69) is 5.32 Å². The van der Waals surface area contributed by atoms with Crippen molar-refractivity contribution in [3.05, 3.63) is 54.3 Å². The quantitative estimate of drug-likeness (QED) is 0.801. The van der Waals surface area contributed by atoms with Crippen LogP contribution in [0.3, 0.4) is 0 Å². The van der Waals surface area contributed by atoms with E-state index in [1.807, 2.05) is 6.92 Å². The molecule has 1 N–H and O–H groups in total. The zero-order valence-corrected chi connectivity index (χ0v) is 15.6. The highest BCUT2D eigenvalue weighted by atomic mass is 32.2. The van der Waals surface area contributed by atoms with Gasteiger partial charge in [0.25, 0.3) is 0 Å². The second-order valence-corrected chi connectivity index (χ2v) is 7.49. The Morgan fingerprint density at radius 2 is 1.81 bits per heavy atom. The maximum Gasteiger partial charge on any atom is 0.248 e. The zero-order valence-electron chi connectivity index (χ0n) is 14.8. The highest BCUT2D eigenvalue weighted by Gasteiger charge is 2.29. The predicted molar refractivity (Wildman–Crippen MR) is 99.4 cm³/mol. The number of nitrogens with zero attached hydrogens (tertiary/aromatic N) is 1. The lowest BCUT2D eigenvalue weighted by Crippen LogP contribution is -2.45. The summed E-state index contributed by atoms with van der Waals surface area (Å²) in [7, 11) is -3.77. The van der Waals surface area contributed by atoms with Crippen LogP contribution in [0.5, 0.6) is 5.75 Å². The van der Waals surface area contributed by atoms with E-state index in [9.17, 15) is 17.6 Å². The number of carbonyl (C=O) groups excluding carboxylic acids is 1. The highest BCUT2D eigenvalue weighted by Crippen LogP contribution is 2.26. The van der Waals surface area contributed by atoms with Gasteiger partial charge in [-0.15, -0.1) is 0 Å². The molecule has 26 heavy (non-hydrogen) atoms. The third-order valence-corrected chi connectivity index (χ3v) is 4.86. The summed E-state index contributed by atoms with van der Waals surface area (Å²) in [6.45, 7) is 3.71. The number of amides is 1. The fraction of sp³-hybridized carbons (Fsp3) is 0.278. The number of rotatable bonds is 7. The number of nitrogens with one attached hydrogen (secondary N) is 1. The van der Waals surface area contributed by atoms with Gasteiger partial charge in [0.05, 0.1) is 24.2 Å². The molecule has 1 amide bonds. The summed E-state index contributed by atoms with van der Waals surface area (Å²) in [4.78, 5) is 12.7. The SMILES string of the molecule is CCOc1ccccc1NC(=O)C(C)N(c1ccc(F)cc1)S(C)(=O)=O. The van der Waals surface area contributed by atoms with Gasteiger partial charge in [-0.25, -0.2) is 12.8 Å². The van der Waals surface area contributed by atoms with Crippen molar-refractivity contribution in [2.45, 2.75) is 19.9 Å². The van der Waals surface area contributed by atoms with E-state index in [1.54, 1.807) is 24.3 Å². The van der Waals surface area contributed by atoms with Crippen molar-refractivity contribution in [2.75, 3.05) is 22.5 Å². The highest BCUT2D eigenvalue weighted by molar-refractivity contribution is 7.92. The second kappa shape index (κ2) is 8.18. The molecule has 0 aliphatic rings. The van der Waals surface area contributed by atoms with Gasteiger partial charge >= 0.3 is 0 Å². The number of sulfonamides is 1. The Morgan fingerprint density at radius 3 is 2.38 bits per heavy atom. The van der Waals surface area contributed by atoms with Crippen LogP contribution in [0.25, 0.3) is 0 Å². The van der Waals surface area contributed by atoms with Gasteiger partial charge in [-0.1, -0.05) is 12.1 Å². The van der Waals surface area contributed by atoms with Gasteiger partial charge in [-0.3, -0.25) is 9.10 Å². The lowest BCUT2D eigenvalue weighted by atomic mass is 10.2. The van der Waals surface area contributed by atoms with Crippen LogP contribution in [0.15, 0.2) is 48.5 Å². The number of halogens is 1. The summed E-state index contributed by atoms with van der Waals surface area (Å²) in [5.74, 6) is -0.542. The van der Waals surface area contributed by atoms with Crippen molar-refractivity contribution in [1.82, 2.24) is 0 Å². The maximum absolute atomic E-state index is 13.1. The fourth-order valence-corrected chi connectivity index (χ4v) is 3.66. The molecule has 0 heterocycles. The maximum atomic E-state index is 13.1. The molecule has 0 spiro atoms. The van der Waals surface area contributed by atoms with Gasteiger partial charge < -0.3 is 10.1 Å². The minimum Gasteiger partial charge on any atom is -0.492 e. The van der Waals surface area contributed by atoms with E-state index in [0.29, 0.717) is 18.0 Å². The molecule has 2 aromatic rings. The second-order valence-electron chi connectivity index (χ2n) is 5.63. The Bertz CT molecular complexity index is 869. The topological polar surface area (TPSA) is 75.7 Å². The molecule has 140 valence electrons. The fourth-order valence-electron chi connectivity index (χ4n) is 2.49.